The topological polar surface area (TPSA) is 350 Å². The number of aliphatic imine (C=N–C) groups is 2. The van der Waals surface area contributed by atoms with Crippen LogP contribution in [0.3, 0.4) is 0 Å². The number of nitrogens with two attached hydrogens (primary N) is 5. The van der Waals surface area contributed by atoms with Crippen molar-refractivity contribution in [1.82, 2.24) is 0 Å². The molecule has 0 radical (unpaired) electrons. The molecule has 0 spiro atoms. The van der Waals surface area contributed by atoms with Gasteiger partial charge in [-0.15, -0.1) is 0 Å². The van der Waals surface area contributed by atoms with Crippen molar-refractivity contribution in [2.24, 2.45) is 38.7 Å². The predicted octanol–water partition coefficient (Wildman–Crippen LogP) is -8.42. The number of aliphatic hydroxyl groups excluding tert-OH is 6. The van der Waals surface area contributed by atoms with Gasteiger partial charge in [0.2, 0.25) is 0 Å². The lowest BCUT2D eigenvalue weighted by Crippen LogP contribution is -2.66. The number of carbonyl (C=O) groups is 1. The van der Waals surface area contributed by atoms with Crippen LogP contribution in [-0.4, -0.2) is 152 Å². The summed E-state index contributed by atoms with van der Waals surface area (Å²) in [6.45, 7) is 0.565. The van der Waals surface area contributed by atoms with Gasteiger partial charge in [-0.1, -0.05) is 0 Å². The lowest BCUT2D eigenvalue weighted by Gasteiger charge is -2.45. The third kappa shape index (κ3) is 5.94. The van der Waals surface area contributed by atoms with E-state index in [0.29, 0.717) is 0 Å². The maximum Gasteiger partial charge on any atom is 0.188 e. The summed E-state index contributed by atoms with van der Waals surface area (Å²) in [7, 11) is 0. The fraction of sp³-hybridized carbons (Fsp3) is 0.850. The minimum absolute atomic E-state index is 0.109. The first-order valence-electron chi connectivity index (χ1n) is 11.9. The third-order valence-corrected chi connectivity index (χ3v) is 7.05. The van der Waals surface area contributed by atoms with Crippen LogP contribution < -0.4 is 28.7 Å². The molecule has 3 rings (SSSR count). The average molecular weight is 568 g/mol. The first kappa shape index (κ1) is 31.3. The molecule has 19 heteroatoms. The van der Waals surface area contributed by atoms with E-state index in [1.54, 1.807) is 0 Å². The molecule has 224 valence electrons. The zero-order valence-electron chi connectivity index (χ0n) is 20.8. The highest BCUT2D eigenvalue weighted by atomic mass is 16.8. The van der Waals surface area contributed by atoms with Gasteiger partial charge in [0.05, 0.1) is 18.8 Å². The summed E-state index contributed by atoms with van der Waals surface area (Å²) in [5.41, 5.74) is 25.2. The van der Waals surface area contributed by atoms with Gasteiger partial charge >= 0.3 is 0 Å². The van der Waals surface area contributed by atoms with Crippen molar-refractivity contribution in [3.05, 3.63) is 0 Å². The molecule has 3 aliphatic rings. The van der Waals surface area contributed by atoms with Crippen molar-refractivity contribution in [1.29, 1.82) is 0 Å². The fourth-order valence-corrected chi connectivity index (χ4v) is 4.80. The maximum absolute atomic E-state index is 12.0. The fourth-order valence-electron chi connectivity index (χ4n) is 4.80. The van der Waals surface area contributed by atoms with E-state index >= 15 is 0 Å². The second-order valence-electron chi connectivity index (χ2n) is 9.65. The van der Waals surface area contributed by atoms with Gasteiger partial charge in [-0.2, -0.15) is 0 Å². The lowest BCUT2D eigenvalue weighted by molar-refractivity contribution is -0.311. The van der Waals surface area contributed by atoms with Crippen LogP contribution in [-0.2, 0) is 23.7 Å². The van der Waals surface area contributed by atoms with Crippen LogP contribution in [0, 0.1) is 0 Å². The summed E-state index contributed by atoms with van der Waals surface area (Å²) < 4.78 is 22.5. The minimum Gasteiger partial charge on any atom is -0.394 e. The van der Waals surface area contributed by atoms with Crippen LogP contribution in [0.1, 0.15) is 6.92 Å². The van der Waals surface area contributed by atoms with Gasteiger partial charge in [-0.25, -0.2) is 9.98 Å². The maximum atomic E-state index is 12.0. The molecule has 1 aliphatic carbocycles. The van der Waals surface area contributed by atoms with Crippen LogP contribution in [0.4, 0.5) is 0 Å². The highest BCUT2D eigenvalue weighted by Crippen LogP contribution is 2.38. The van der Waals surface area contributed by atoms with E-state index in [4.69, 9.17) is 47.6 Å². The summed E-state index contributed by atoms with van der Waals surface area (Å²) in [5.74, 6) is -1.05. The smallest absolute Gasteiger partial charge is 0.188 e. The van der Waals surface area contributed by atoms with E-state index in [1.165, 1.54) is 6.92 Å². The Morgan fingerprint density at radius 1 is 0.872 bits per heavy atom. The molecule has 39 heavy (non-hydrogen) atoms. The second kappa shape index (κ2) is 12.1. The second-order valence-corrected chi connectivity index (χ2v) is 9.65. The van der Waals surface area contributed by atoms with Crippen LogP contribution in [0.25, 0.3) is 0 Å². The lowest BCUT2D eigenvalue weighted by atomic mass is 9.81. The van der Waals surface area contributed by atoms with E-state index in [2.05, 4.69) is 9.98 Å². The molecule has 0 amide bonds. The van der Waals surface area contributed by atoms with Gasteiger partial charge in [0, 0.05) is 0 Å². The van der Waals surface area contributed by atoms with E-state index in [1.807, 2.05) is 0 Å². The summed E-state index contributed by atoms with van der Waals surface area (Å²) in [4.78, 5) is 19.6. The number of aldehydes is 1. The normalized spacial score (nSPS) is 48.3. The molecule has 2 heterocycles. The van der Waals surface area contributed by atoms with Gasteiger partial charge in [0.25, 0.3) is 0 Å². The number of guanidine groups is 2. The van der Waals surface area contributed by atoms with Gasteiger partial charge in [-0.3, -0.25) is 4.79 Å². The van der Waals surface area contributed by atoms with Crippen LogP contribution in [0.2, 0.25) is 0 Å². The molecular weight excluding hydrogens is 530 g/mol. The molecule has 17 N–H and O–H groups in total. The monoisotopic (exact) mass is 567 g/mol. The summed E-state index contributed by atoms with van der Waals surface area (Å²) >= 11 is 0. The highest BCUT2D eigenvalue weighted by molar-refractivity contribution is 5.76. The van der Waals surface area contributed by atoms with Crippen molar-refractivity contribution in [3.8, 4) is 0 Å². The van der Waals surface area contributed by atoms with E-state index in [0.717, 1.165) is 0 Å². The van der Waals surface area contributed by atoms with Crippen molar-refractivity contribution >= 4 is 18.2 Å². The van der Waals surface area contributed by atoms with Crippen LogP contribution in [0.15, 0.2) is 9.98 Å². The van der Waals surface area contributed by atoms with Gasteiger partial charge in [0.15, 0.2) is 36.4 Å². The minimum atomic E-state index is -2.41. The number of ether oxygens (including phenoxy) is 4. The molecule has 19 nitrogen and oxygen atoms in total. The number of rotatable bonds is 8. The molecule has 2 aliphatic heterocycles. The Morgan fingerprint density at radius 3 is 2.00 bits per heavy atom. The molecule has 0 aromatic heterocycles. The molecule has 3 fully saturated rings. The molecule has 0 unspecified atom stereocenters. The molecular formula is C20H37N7O12. The first-order valence-corrected chi connectivity index (χ1v) is 11.9. The zero-order chi connectivity index (χ0) is 29.4. The Morgan fingerprint density at radius 2 is 1.46 bits per heavy atom. The molecule has 1 saturated carbocycles. The number of nitrogens with zero attached hydrogens (tertiary/aromatic N) is 2. The van der Waals surface area contributed by atoms with Crippen LogP contribution >= 0.6 is 0 Å². The Labute approximate surface area is 221 Å². The summed E-state index contributed by atoms with van der Waals surface area (Å²) in [5, 5.41) is 73.2. The van der Waals surface area contributed by atoms with Gasteiger partial charge < -0.3 is 83.4 Å². The van der Waals surface area contributed by atoms with Gasteiger partial charge in [-0.05, 0) is 6.92 Å². The summed E-state index contributed by atoms with van der Waals surface area (Å²) in [6.07, 6.45) is -17.8. The van der Waals surface area contributed by atoms with E-state index in [-0.39, 0.29) is 6.29 Å². The average Bonchev–Trinajstić information content (AvgIpc) is 3.11. The SMILES string of the molecule is C[C@H]1O[C@H](O[C@@H]2[C@H](O)[C@H](O)[C@H](N=C(N)N)[C@@H](O)[C@@H]2N=C(N)N)[C@H](O[C@@H]2O[C@H](CO)[C@H](O)[C@@H](O)[C@@H]2N)[C@@]1(O)C=O. The Kier molecular flexibility index (Phi) is 9.68. The number of hydrogen-bond donors (Lipinski definition) is 12. The Balaban J connectivity index is 1.95. The Bertz CT molecular complexity index is 921. The van der Waals surface area contributed by atoms with Crippen molar-refractivity contribution in [3.63, 3.8) is 0 Å². The van der Waals surface area contributed by atoms with E-state index < -0.39 is 110 Å². The quantitative estimate of drug-likeness (QED) is 0.0735. The number of aliphatic hydroxyl groups is 7. The molecule has 2 saturated heterocycles. The largest absolute Gasteiger partial charge is 0.394 e. The van der Waals surface area contributed by atoms with Crippen LogP contribution in [0.5, 0.6) is 0 Å². The predicted molar refractivity (Wildman–Crippen MR) is 128 cm³/mol. The standard InChI is InChI=1S/C20H37N7O12/c1-4-20(35,3-29)15(39-16-6(21)10(31)9(30)5(2-28)37-16)17(36-4)38-14-8(27-19(24)25)11(32)7(26-18(22)23)12(33)13(14)34/h3-17,28,30-35H,2,21H2,1H3,(H4,22,23,26)(H4,24,25,27)/t4-,5-,6+,7-,8+,9+,10+,11-,12-,13-,14+,15+,16+,17-,20-/m1/s1. The molecule has 0 aromatic rings. The third-order valence-electron chi connectivity index (χ3n) is 7.05. The Hall–Kier alpha value is -2.27. The molecule has 0 bridgehead atoms. The van der Waals surface area contributed by atoms with Crippen molar-refractivity contribution in [2.45, 2.75) is 98.2 Å². The summed E-state index contributed by atoms with van der Waals surface area (Å²) in [6, 6.07) is -4.40. The number of carbonyl (C=O) groups excluding carboxylic acids is 1. The number of hydrogen-bond acceptors (Lipinski definition) is 15. The first-order chi connectivity index (χ1) is 18.2. The molecule has 15 atom stereocenters. The van der Waals surface area contributed by atoms with Gasteiger partial charge in [0.1, 0.15) is 60.9 Å². The van der Waals surface area contributed by atoms with Crippen molar-refractivity contribution in [2.75, 3.05) is 6.61 Å². The van der Waals surface area contributed by atoms with Crippen molar-refractivity contribution < 1.29 is 59.5 Å². The molecule has 0 aromatic carbocycles. The van der Waals surface area contributed by atoms with E-state index in [9.17, 15) is 40.5 Å². The zero-order valence-corrected chi connectivity index (χ0v) is 20.8. The highest BCUT2D eigenvalue weighted by Gasteiger charge is 2.60.